The third-order valence-corrected chi connectivity index (χ3v) is 5.26. The number of fused-ring (bicyclic) bond motifs is 1. The largest absolute Gasteiger partial charge is 0.378 e. The van der Waals surface area contributed by atoms with E-state index in [4.69, 9.17) is 4.74 Å². The number of nitrogens with zero attached hydrogens (tertiary/aromatic N) is 3. The first-order valence-corrected chi connectivity index (χ1v) is 8.92. The van der Waals surface area contributed by atoms with Gasteiger partial charge in [0.25, 0.3) is 0 Å². The SMILES string of the molecule is CN1CCOC[C@H]1C(=O)N1CCc2[nH]nc(-c3ccccc3)c2CC1. The summed E-state index contributed by atoms with van der Waals surface area (Å²) >= 11 is 0. The summed E-state index contributed by atoms with van der Waals surface area (Å²) in [6.45, 7) is 3.47. The van der Waals surface area contributed by atoms with E-state index in [2.05, 4.69) is 27.2 Å². The molecule has 1 N–H and O–H groups in total. The first-order chi connectivity index (χ1) is 12.2. The van der Waals surface area contributed by atoms with E-state index in [1.54, 1.807) is 0 Å². The molecule has 2 aliphatic rings. The van der Waals surface area contributed by atoms with Crippen LogP contribution in [-0.4, -0.2) is 71.8 Å². The van der Waals surface area contributed by atoms with E-state index in [9.17, 15) is 4.79 Å². The summed E-state index contributed by atoms with van der Waals surface area (Å²) in [5, 5.41) is 7.71. The van der Waals surface area contributed by atoms with Crippen molar-refractivity contribution in [2.45, 2.75) is 18.9 Å². The summed E-state index contributed by atoms with van der Waals surface area (Å²) in [7, 11) is 2.00. The van der Waals surface area contributed by atoms with E-state index >= 15 is 0 Å². The van der Waals surface area contributed by atoms with Crippen molar-refractivity contribution in [3.8, 4) is 11.3 Å². The third-order valence-electron chi connectivity index (χ3n) is 5.26. The van der Waals surface area contributed by atoms with E-state index in [1.165, 1.54) is 5.56 Å². The molecule has 4 rings (SSSR count). The number of carbonyl (C=O) groups is 1. The van der Waals surface area contributed by atoms with Gasteiger partial charge in [0.05, 0.1) is 18.9 Å². The minimum absolute atomic E-state index is 0.156. The minimum Gasteiger partial charge on any atom is -0.378 e. The molecule has 6 heteroatoms. The second-order valence-electron chi connectivity index (χ2n) is 6.79. The fourth-order valence-electron chi connectivity index (χ4n) is 3.70. The molecule has 0 unspecified atom stereocenters. The zero-order valence-electron chi connectivity index (χ0n) is 14.6. The van der Waals surface area contributed by atoms with E-state index in [0.29, 0.717) is 13.2 Å². The summed E-state index contributed by atoms with van der Waals surface area (Å²) < 4.78 is 5.51. The molecule has 1 amide bonds. The van der Waals surface area contributed by atoms with Gasteiger partial charge in [-0.1, -0.05) is 30.3 Å². The summed E-state index contributed by atoms with van der Waals surface area (Å²) in [6, 6.07) is 10.1. The quantitative estimate of drug-likeness (QED) is 0.896. The molecule has 1 saturated heterocycles. The van der Waals surface area contributed by atoms with Crippen molar-refractivity contribution in [2.24, 2.45) is 0 Å². The Hall–Kier alpha value is -2.18. The highest BCUT2D eigenvalue weighted by Crippen LogP contribution is 2.26. The van der Waals surface area contributed by atoms with Crippen molar-refractivity contribution in [2.75, 3.05) is 39.9 Å². The molecule has 0 radical (unpaired) electrons. The van der Waals surface area contributed by atoms with Gasteiger partial charge in [-0.2, -0.15) is 5.10 Å². The molecule has 0 saturated carbocycles. The molecule has 1 aromatic heterocycles. The van der Waals surface area contributed by atoms with Crippen LogP contribution >= 0.6 is 0 Å². The van der Waals surface area contributed by atoms with E-state index in [0.717, 1.165) is 49.4 Å². The van der Waals surface area contributed by atoms with E-state index in [-0.39, 0.29) is 11.9 Å². The number of hydrogen-bond acceptors (Lipinski definition) is 4. The Labute approximate surface area is 147 Å². The van der Waals surface area contributed by atoms with Crippen LogP contribution in [0.1, 0.15) is 11.3 Å². The van der Waals surface area contributed by atoms with Crippen molar-refractivity contribution in [1.29, 1.82) is 0 Å². The molecule has 1 fully saturated rings. The predicted octanol–water partition coefficient (Wildman–Crippen LogP) is 1.33. The van der Waals surface area contributed by atoms with Crippen LogP contribution in [0.25, 0.3) is 11.3 Å². The summed E-state index contributed by atoms with van der Waals surface area (Å²) in [5.41, 5.74) is 4.54. The fraction of sp³-hybridized carbons (Fsp3) is 0.474. The van der Waals surface area contributed by atoms with Gasteiger partial charge in [-0.3, -0.25) is 14.8 Å². The van der Waals surface area contributed by atoms with Crippen molar-refractivity contribution in [3.05, 3.63) is 41.6 Å². The van der Waals surface area contributed by atoms with Gasteiger partial charge in [-0.25, -0.2) is 0 Å². The molecule has 0 aliphatic carbocycles. The van der Waals surface area contributed by atoms with Crippen LogP contribution in [0.3, 0.4) is 0 Å². The van der Waals surface area contributed by atoms with Crippen molar-refractivity contribution >= 4 is 5.91 Å². The topological polar surface area (TPSA) is 61.5 Å². The van der Waals surface area contributed by atoms with Crippen molar-refractivity contribution < 1.29 is 9.53 Å². The average molecular weight is 340 g/mol. The molecule has 3 heterocycles. The molecule has 0 bridgehead atoms. The number of H-pyrrole nitrogens is 1. The number of likely N-dealkylation sites (N-methyl/N-ethyl adjacent to an activating group) is 1. The lowest BCUT2D eigenvalue weighted by Crippen LogP contribution is -2.53. The molecule has 2 aromatic rings. The highest BCUT2D eigenvalue weighted by Gasteiger charge is 2.32. The Balaban J connectivity index is 1.51. The highest BCUT2D eigenvalue weighted by molar-refractivity contribution is 5.82. The standard InChI is InChI=1S/C19H24N4O2/c1-22-11-12-25-13-17(22)19(24)23-9-7-15-16(8-10-23)20-21-18(15)14-5-3-2-4-6-14/h2-6,17H,7-13H2,1H3,(H,20,21)/t17-/m0/s1. The first-order valence-electron chi connectivity index (χ1n) is 8.92. The second kappa shape index (κ2) is 6.98. The Morgan fingerprint density at radius 1 is 1.20 bits per heavy atom. The fourth-order valence-corrected chi connectivity index (χ4v) is 3.70. The zero-order valence-corrected chi connectivity index (χ0v) is 14.6. The van der Waals surface area contributed by atoms with E-state index in [1.807, 2.05) is 30.1 Å². The maximum absolute atomic E-state index is 12.9. The second-order valence-corrected chi connectivity index (χ2v) is 6.79. The maximum atomic E-state index is 12.9. The molecule has 2 aliphatic heterocycles. The Kier molecular flexibility index (Phi) is 4.55. The molecule has 25 heavy (non-hydrogen) atoms. The number of hydrogen-bond donors (Lipinski definition) is 1. The summed E-state index contributed by atoms with van der Waals surface area (Å²) in [5.74, 6) is 0.182. The smallest absolute Gasteiger partial charge is 0.242 e. The molecular weight excluding hydrogens is 316 g/mol. The zero-order chi connectivity index (χ0) is 17.2. The Morgan fingerprint density at radius 3 is 2.80 bits per heavy atom. The molecule has 6 nitrogen and oxygen atoms in total. The first kappa shape index (κ1) is 16.3. The lowest BCUT2D eigenvalue weighted by molar-refractivity contribution is -0.142. The van der Waals surface area contributed by atoms with Crippen LogP contribution in [0.5, 0.6) is 0 Å². The van der Waals surface area contributed by atoms with Gasteiger partial charge in [0.2, 0.25) is 5.91 Å². The number of carbonyl (C=O) groups excluding carboxylic acids is 1. The lowest BCUT2D eigenvalue weighted by Gasteiger charge is -2.34. The maximum Gasteiger partial charge on any atom is 0.242 e. The van der Waals surface area contributed by atoms with E-state index < -0.39 is 0 Å². The number of ether oxygens (including phenoxy) is 1. The number of aromatic nitrogens is 2. The normalized spacial score (nSPS) is 21.6. The highest BCUT2D eigenvalue weighted by atomic mass is 16.5. The van der Waals surface area contributed by atoms with Gasteiger partial charge in [0, 0.05) is 42.9 Å². The van der Waals surface area contributed by atoms with Crippen LogP contribution < -0.4 is 0 Å². The predicted molar refractivity (Wildman–Crippen MR) is 95.2 cm³/mol. The Morgan fingerprint density at radius 2 is 2.00 bits per heavy atom. The van der Waals surface area contributed by atoms with Gasteiger partial charge in [0.1, 0.15) is 6.04 Å². The van der Waals surface area contributed by atoms with Gasteiger partial charge in [0.15, 0.2) is 0 Å². The van der Waals surface area contributed by atoms with Gasteiger partial charge in [-0.05, 0) is 13.5 Å². The summed E-state index contributed by atoms with van der Waals surface area (Å²) in [4.78, 5) is 17.0. The third kappa shape index (κ3) is 3.19. The monoisotopic (exact) mass is 340 g/mol. The number of nitrogens with one attached hydrogen (secondary N) is 1. The van der Waals surface area contributed by atoms with Crippen LogP contribution in [0.2, 0.25) is 0 Å². The molecular formula is C19H24N4O2. The minimum atomic E-state index is -0.156. The van der Waals surface area contributed by atoms with Crippen LogP contribution in [0.15, 0.2) is 30.3 Å². The van der Waals surface area contributed by atoms with Crippen LogP contribution in [-0.2, 0) is 22.4 Å². The number of aromatic amines is 1. The molecule has 0 spiro atoms. The number of morpholine rings is 1. The van der Waals surface area contributed by atoms with Crippen molar-refractivity contribution in [1.82, 2.24) is 20.0 Å². The van der Waals surface area contributed by atoms with Crippen LogP contribution in [0, 0.1) is 0 Å². The number of benzene rings is 1. The number of rotatable bonds is 2. The average Bonchev–Trinajstić information content (AvgIpc) is 2.94. The molecule has 1 atom stereocenters. The van der Waals surface area contributed by atoms with Gasteiger partial charge < -0.3 is 9.64 Å². The lowest BCUT2D eigenvalue weighted by atomic mass is 10.0. The molecule has 1 aromatic carbocycles. The number of amides is 1. The van der Waals surface area contributed by atoms with Crippen LogP contribution in [0.4, 0.5) is 0 Å². The Bertz CT molecular complexity index is 743. The van der Waals surface area contributed by atoms with Crippen molar-refractivity contribution in [3.63, 3.8) is 0 Å². The summed E-state index contributed by atoms with van der Waals surface area (Å²) in [6.07, 6.45) is 1.65. The molecule has 132 valence electrons. The van der Waals surface area contributed by atoms with Gasteiger partial charge in [-0.15, -0.1) is 0 Å². The van der Waals surface area contributed by atoms with Gasteiger partial charge >= 0.3 is 0 Å².